The number of allylic oxidation sites excluding steroid dienone is 2. The second-order valence-electron chi connectivity index (χ2n) is 4.48. The fraction of sp³-hybridized carbons (Fsp3) is 0. The molecular weight excluding hydrogens is 355 g/mol. The van der Waals surface area contributed by atoms with E-state index < -0.39 is 0 Å². The van der Waals surface area contributed by atoms with Crippen molar-refractivity contribution < 1.29 is 9.21 Å². The molecule has 116 valence electrons. The lowest BCUT2D eigenvalue weighted by atomic mass is 10.3. The topological polar surface area (TPSA) is 54.6 Å². The van der Waals surface area contributed by atoms with Crippen molar-refractivity contribution in [3.63, 3.8) is 0 Å². The van der Waals surface area contributed by atoms with E-state index in [4.69, 9.17) is 27.6 Å². The summed E-state index contributed by atoms with van der Waals surface area (Å²) in [7, 11) is 0. The Morgan fingerprint density at radius 1 is 1.22 bits per heavy atom. The zero-order valence-corrected chi connectivity index (χ0v) is 14.0. The average molecular weight is 365 g/mol. The van der Waals surface area contributed by atoms with E-state index in [1.807, 2.05) is 6.07 Å². The van der Waals surface area contributed by atoms with Crippen LogP contribution in [-0.2, 0) is 4.79 Å². The van der Waals surface area contributed by atoms with Crippen molar-refractivity contribution in [3.8, 4) is 0 Å². The van der Waals surface area contributed by atoms with Gasteiger partial charge >= 0.3 is 0 Å². The molecule has 23 heavy (non-hydrogen) atoms. The van der Waals surface area contributed by atoms with Crippen molar-refractivity contribution in [2.24, 2.45) is 4.99 Å². The lowest BCUT2D eigenvalue weighted by molar-refractivity contribution is -0.115. The molecule has 2 aromatic rings. The standard InChI is InChI=1S/C16H10Cl2N2O2S/c17-12-7-6-10(9-13(12)18)19-16-20-15(21)14(23-16)5-1-3-11-4-2-8-22-11/h1-9H,(H,19,20,21)/b3-1+,14-5+. The van der Waals surface area contributed by atoms with Crippen LogP contribution < -0.4 is 5.32 Å². The Morgan fingerprint density at radius 3 is 2.83 bits per heavy atom. The largest absolute Gasteiger partial charge is 0.465 e. The quantitative estimate of drug-likeness (QED) is 0.776. The van der Waals surface area contributed by atoms with Gasteiger partial charge in [0.15, 0.2) is 5.17 Å². The number of thioether (sulfide) groups is 1. The van der Waals surface area contributed by atoms with E-state index in [0.29, 0.717) is 25.8 Å². The zero-order chi connectivity index (χ0) is 16.2. The van der Waals surface area contributed by atoms with Gasteiger partial charge in [0, 0.05) is 0 Å². The molecule has 1 N–H and O–H groups in total. The first-order valence-electron chi connectivity index (χ1n) is 6.56. The van der Waals surface area contributed by atoms with Gasteiger partial charge in [-0.3, -0.25) is 4.79 Å². The van der Waals surface area contributed by atoms with Crippen LogP contribution in [0.2, 0.25) is 10.0 Å². The van der Waals surface area contributed by atoms with Crippen LogP contribution in [0.5, 0.6) is 0 Å². The number of furan rings is 1. The molecule has 1 aromatic carbocycles. The van der Waals surface area contributed by atoms with Gasteiger partial charge in [0.2, 0.25) is 0 Å². The number of hydrogen-bond donors (Lipinski definition) is 1. The van der Waals surface area contributed by atoms with Gasteiger partial charge in [0.05, 0.1) is 26.9 Å². The van der Waals surface area contributed by atoms with Gasteiger partial charge in [-0.25, -0.2) is 4.99 Å². The van der Waals surface area contributed by atoms with Gasteiger partial charge in [-0.1, -0.05) is 29.3 Å². The molecule has 4 nitrogen and oxygen atoms in total. The van der Waals surface area contributed by atoms with Crippen LogP contribution in [0.15, 0.2) is 63.1 Å². The lowest BCUT2D eigenvalue weighted by Crippen LogP contribution is -2.19. The Kier molecular flexibility index (Phi) is 4.91. The summed E-state index contributed by atoms with van der Waals surface area (Å²) >= 11 is 13.1. The van der Waals surface area contributed by atoms with Crippen molar-refractivity contribution >= 4 is 57.8 Å². The summed E-state index contributed by atoms with van der Waals surface area (Å²) in [6, 6.07) is 8.65. The Hall–Kier alpha value is -1.95. The second-order valence-corrected chi connectivity index (χ2v) is 6.32. The minimum atomic E-state index is -0.196. The molecule has 1 amide bonds. The van der Waals surface area contributed by atoms with Crippen LogP contribution in [0.1, 0.15) is 5.76 Å². The molecule has 1 fully saturated rings. The van der Waals surface area contributed by atoms with E-state index in [1.165, 1.54) is 11.8 Å². The fourth-order valence-corrected chi connectivity index (χ4v) is 2.87. The molecule has 0 unspecified atom stereocenters. The molecule has 1 saturated heterocycles. The summed E-state index contributed by atoms with van der Waals surface area (Å²) in [6.07, 6.45) is 6.82. The molecule has 0 saturated carbocycles. The molecule has 1 aromatic heterocycles. The number of amidine groups is 1. The Morgan fingerprint density at radius 2 is 2.09 bits per heavy atom. The van der Waals surface area contributed by atoms with Crippen LogP contribution in [0, 0.1) is 0 Å². The van der Waals surface area contributed by atoms with Crippen LogP contribution in [0.4, 0.5) is 5.69 Å². The van der Waals surface area contributed by atoms with E-state index in [0.717, 1.165) is 5.76 Å². The summed E-state index contributed by atoms with van der Waals surface area (Å²) in [6.45, 7) is 0. The highest BCUT2D eigenvalue weighted by Gasteiger charge is 2.23. The van der Waals surface area contributed by atoms with E-state index in [9.17, 15) is 4.79 Å². The summed E-state index contributed by atoms with van der Waals surface area (Å²) in [5, 5.41) is 4.07. The third-order valence-electron chi connectivity index (χ3n) is 2.84. The highest BCUT2D eigenvalue weighted by atomic mass is 35.5. The number of hydrogen-bond acceptors (Lipinski definition) is 4. The average Bonchev–Trinajstić information content (AvgIpc) is 3.14. The number of carbonyl (C=O) groups excluding carboxylic acids is 1. The number of nitrogens with one attached hydrogen (secondary N) is 1. The maximum atomic E-state index is 11.9. The number of nitrogens with zero attached hydrogens (tertiary/aromatic N) is 1. The number of benzene rings is 1. The first-order chi connectivity index (χ1) is 11.1. The number of aliphatic imine (C=N–C) groups is 1. The third-order valence-corrected chi connectivity index (χ3v) is 4.50. The van der Waals surface area contributed by atoms with Crippen LogP contribution in [0.3, 0.4) is 0 Å². The van der Waals surface area contributed by atoms with E-state index >= 15 is 0 Å². The van der Waals surface area contributed by atoms with Crippen molar-refractivity contribution in [2.75, 3.05) is 0 Å². The first kappa shape index (κ1) is 15.9. The predicted molar refractivity (Wildman–Crippen MR) is 95.1 cm³/mol. The fourth-order valence-electron chi connectivity index (χ4n) is 1.78. The normalized spacial score (nSPS) is 18.3. The first-order valence-corrected chi connectivity index (χ1v) is 8.14. The Balaban J connectivity index is 1.73. The molecular formula is C16H10Cl2N2O2S. The molecule has 0 bridgehead atoms. The molecule has 0 aliphatic carbocycles. The van der Waals surface area contributed by atoms with Gasteiger partial charge in [0.25, 0.3) is 5.91 Å². The lowest BCUT2D eigenvalue weighted by Gasteiger charge is -1.98. The van der Waals surface area contributed by atoms with Crippen LogP contribution in [-0.4, -0.2) is 11.1 Å². The Bertz CT molecular complexity index is 827. The van der Waals surface area contributed by atoms with Crippen molar-refractivity contribution in [1.29, 1.82) is 0 Å². The second kappa shape index (κ2) is 7.08. The highest BCUT2D eigenvalue weighted by molar-refractivity contribution is 8.18. The van der Waals surface area contributed by atoms with Gasteiger partial charge in [0.1, 0.15) is 5.76 Å². The van der Waals surface area contributed by atoms with Gasteiger partial charge in [-0.2, -0.15) is 0 Å². The molecule has 7 heteroatoms. The van der Waals surface area contributed by atoms with Crippen molar-refractivity contribution in [1.82, 2.24) is 5.32 Å². The maximum Gasteiger partial charge on any atom is 0.264 e. The summed E-state index contributed by atoms with van der Waals surface area (Å²) < 4.78 is 5.18. The van der Waals surface area contributed by atoms with E-state index in [2.05, 4.69) is 10.3 Å². The van der Waals surface area contributed by atoms with Crippen LogP contribution in [0.25, 0.3) is 6.08 Å². The minimum absolute atomic E-state index is 0.196. The third kappa shape index (κ3) is 4.07. The number of halogens is 2. The van der Waals surface area contributed by atoms with Gasteiger partial charge in [-0.05, 0) is 54.2 Å². The predicted octanol–water partition coefficient (Wildman–Crippen LogP) is 5.03. The van der Waals surface area contributed by atoms with Crippen LogP contribution >= 0.6 is 35.0 Å². The highest BCUT2D eigenvalue weighted by Crippen LogP contribution is 2.30. The smallest absolute Gasteiger partial charge is 0.264 e. The van der Waals surface area contributed by atoms with E-state index in [1.54, 1.807) is 48.8 Å². The molecule has 3 rings (SSSR count). The molecule has 0 atom stereocenters. The monoisotopic (exact) mass is 364 g/mol. The van der Waals surface area contributed by atoms with Gasteiger partial charge < -0.3 is 9.73 Å². The zero-order valence-electron chi connectivity index (χ0n) is 11.6. The summed E-state index contributed by atoms with van der Waals surface area (Å²) in [4.78, 5) is 16.8. The minimum Gasteiger partial charge on any atom is -0.465 e. The van der Waals surface area contributed by atoms with Crippen molar-refractivity contribution in [3.05, 3.63) is 69.5 Å². The molecule has 2 heterocycles. The Labute approximate surface area is 146 Å². The summed E-state index contributed by atoms with van der Waals surface area (Å²) in [5.41, 5.74) is 0.620. The molecule has 1 aliphatic rings. The number of carbonyl (C=O) groups is 1. The van der Waals surface area contributed by atoms with Gasteiger partial charge in [-0.15, -0.1) is 0 Å². The molecule has 0 radical (unpaired) electrons. The molecule has 0 spiro atoms. The summed E-state index contributed by atoms with van der Waals surface area (Å²) in [5.74, 6) is 0.521. The maximum absolute atomic E-state index is 11.9. The number of amides is 1. The molecule has 1 aliphatic heterocycles. The van der Waals surface area contributed by atoms with E-state index in [-0.39, 0.29) is 5.91 Å². The number of rotatable bonds is 3. The van der Waals surface area contributed by atoms with Crippen molar-refractivity contribution in [2.45, 2.75) is 0 Å². The SMILES string of the molecule is O=C1NC(=Nc2ccc(Cl)c(Cl)c2)S/C1=C/C=C/c1ccco1.